The van der Waals surface area contributed by atoms with Gasteiger partial charge in [-0.1, -0.05) is 11.3 Å². The number of aryl methyl sites for hydroxylation is 2. The van der Waals surface area contributed by atoms with Crippen molar-refractivity contribution in [3.63, 3.8) is 0 Å². The number of aromatic nitrogens is 3. The van der Waals surface area contributed by atoms with E-state index in [1.807, 2.05) is 6.92 Å². The van der Waals surface area contributed by atoms with E-state index in [2.05, 4.69) is 28.5 Å². The number of hydrogen-bond acceptors (Lipinski definition) is 5. The number of rotatable bonds is 3. The Kier molecular flexibility index (Phi) is 3.87. The maximum atomic E-state index is 10.8. The highest BCUT2D eigenvalue weighted by Crippen LogP contribution is 2.37. The van der Waals surface area contributed by atoms with Gasteiger partial charge in [0.05, 0.1) is 18.0 Å². The molecule has 1 aliphatic heterocycles. The molecule has 0 amide bonds. The van der Waals surface area contributed by atoms with Gasteiger partial charge in [0, 0.05) is 0 Å². The van der Waals surface area contributed by atoms with Gasteiger partial charge in [-0.25, -0.2) is 4.98 Å². The third-order valence-electron chi connectivity index (χ3n) is 4.64. The molecular formula is C16H21N4OS2+. The predicted molar refractivity (Wildman–Crippen MR) is 92.7 cm³/mol. The van der Waals surface area contributed by atoms with Crippen molar-refractivity contribution in [3.8, 4) is 5.88 Å². The minimum Gasteiger partial charge on any atom is -0.492 e. The van der Waals surface area contributed by atoms with Crippen LogP contribution in [0.3, 0.4) is 0 Å². The van der Waals surface area contributed by atoms with E-state index in [0.29, 0.717) is 5.82 Å². The van der Waals surface area contributed by atoms with Crippen molar-refractivity contribution in [2.45, 2.75) is 39.2 Å². The van der Waals surface area contributed by atoms with Gasteiger partial charge >= 0.3 is 0 Å². The second kappa shape index (κ2) is 5.89. The van der Waals surface area contributed by atoms with E-state index in [-0.39, 0.29) is 11.9 Å². The molecule has 3 aromatic heterocycles. The summed E-state index contributed by atoms with van der Waals surface area (Å²) >= 11 is 3.37. The maximum absolute atomic E-state index is 10.8. The van der Waals surface area contributed by atoms with Gasteiger partial charge in [-0.15, -0.1) is 16.4 Å². The topological polar surface area (TPSA) is 54.9 Å². The molecule has 0 saturated carbocycles. The minimum absolute atomic E-state index is 0.198. The number of likely N-dealkylation sites (tertiary alicyclic amines) is 1. The summed E-state index contributed by atoms with van der Waals surface area (Å²) in [5.41, 5.74) is 1.31. The van der Waals surface area contributed by atoms with Crippen LogP contribution < -0.4 is 4.90 Å². The van der Waals surface area contributed by atoms with Crippen LogP contribution >= 0.6 is 22.7 Å². The average molecular weight is 350 g/mol. The van der Waals surface area contributed by atoms with Crippen LogP contribution in [0.25, 0.3) is 4.96 Å². The van der Waals surface area contributed by atoms with E-state index < -0.39 is 0 Å². The normalized spacial score (nSPS) is 17.8. The van der Waals surface area contributed by atoms with Gasteiger partial charge in [-0.2, -0.15) is 4.52 Å². The summed E-state index contributed by atoms with van der Waals surface area (Å²) in [5, 5.41) is 17.2. The molecule has 0 spiro atoms. The zero-order valence-electron chi connectivity index (χ0n) is 13.4. The van der Waals surface area contributed by atoms with Gasteiger partial charge in [-0.05, 0) is 50.1 Å². The van der Waals surface area contributed by atoms with E-state index in [1.165, 1.54) is 29.7 Å². The zero-order valence-corrected chi connectivity index (χ0v) is 15.0. The van der Waals surface area contributed by atoms with Gasteiger partial charge in [0.2, 0.25) is 10.8 Å². The lowest BCUT2D eigenvalue weighted by molar-refractivity contribution is -0.929. The van der Waals surface area contributed by atoms with Gasteiger partial charge in [0.15, 0.2) is 6.04 Å². The van der Waals surface area contributed by atoms with Crippen molar-refractivity contribution >= 4 is 27.6 Å². The Balaban J connectivity index is 1.84. The second-order valence-corrected chi connectivity index (χ2v) is 8.22. The fourth-order valence-corrected chi connectivity index (χ4v) is 5.84. The molecule has 1 fully saturated rings. The number of fused-ring (bicyclic) bond motifs is 1. The Morgan fingerprint density at radius 2 is 2.00 bits per heavy atom. The van der Waals surface area contributed by atoms with Crippen LogP contribution in [-0.4, -0.2) is 32.8 Å². The highest BCUT2D eigenvalue weighted by atomic mass is 32.1. The standard InChI is InChI=1S/C16H20N4OS2/c1-10-6-9-22-13(10)12(19-7-4-3-5-8-19)14-15(21)20-16(23-14)17-11(2)18-20/h6,9,12,21H,3-5,7-8H2,1-2H3/p+1/t12-/m0/s1. The first-order chi connectivity index (χ1) is 11.1. The SMILES string of the molecule is Cc1nc2sc([C@H](c3sccc3C)[NH+]3CCCCC3)c(O)n2n1. The molecule has 0 radical (unpaired) electrons. The first-order valence-electron chi connectivity index (χ1n) is 8.08. The molecule has 0 aromatic carbocycles. The van der Waals surface area contributed by atoms with Crippen LogP contribution in [0.2, 0.25) is 0 Å². The highest BCUT2D eigenvalue weighted by molar-refractivity contribution is 7.17. The highest BCUT2D eigenvalue weighted by Gasteiger charge is 2.35. The number of quaternary nitrogens is 1. The van der Waals surface area contributed by atoms with E-state index in [4.69, 9.17) is 0 Å². The van der Waals surface area contributed by atoms with E-state index >= 15 is 0 Å². The number of thiophene rings is 1. The molecule has 4 heterocycles. The number of thiazole rings is 1. The van der Waals surface area contributed by atoms with Crippen molar-refractivity contribution in [1.29, 1.82) is 0 Å². The number of aromatic hydroxyl groups is 1. The average Bonchev–Trinajstić information content (AvgIpc) is 3.20. The summed E-state index contributed by atoms with van der Waals surface area (Å²) < 4.78 is 1.59. The molecule has 0 bridgehead atoms. The van der Waals surface area contributed by atoms with Crippen LogP contribution in [0.1, 0.15) is 46.4 Å². The number of nitrogens with one attached hydrogen (secondary N) is 1. The summed E-state index contributed by atoms with van der Waals surface area (Å²) in [6, 6.07) is 2.37. The Morgan fingerprint density at radius 1 is 1.22 bits per heavy atom. The lowest BCUT2D eigenvalue weighted by atomic mass is 10.0. The van der Waals surface area contributed by atoms with Crippen molar-refractivity contribution in [2.24, 2.45) is 0 Å². The molecule has 4 rings (SSSR count). The fourth-order valence-electron chi connectivity index (χ4n) is 3.50. The first kappa shape index (κ1) is 15.1. The van der Waals surface area contributed by atoms with Gasteiger partial charge in [0.1, 0.15) is 10.7 Å². The van der Waals surface area contributed by atoms with Crippen molar-refractivity contribution < 1.29 is 10.0 Å². The lowest BCUT2D eigenvalue weighted by Crippen LogP contribution is -3.13. The Hall–Kier alpha value is -1.44. The summed E-state index contributed by atoms with van der Waals surface area (Å²) in [6.07, 6.45) is 3.84. The van der Waals surface area contributed by atoms with Crippen LogP contribution in [0.5, 0.6) is 5.88 Å². The molecule has 122 valence electrons. The van der Waals surface area contributed by atoms with Crippen molar-refractivity contribution in [3.05, 3.63) is 32.6 Å². The zero-order chi connectivity index (χ0) is 16.0. The van der Waals surface area contributed by atoms with Crippen LogP contribution in [0.15, 0.2) is 11.4 Å². The molecular weight excluding hydrogens is 328 g/mol. The maximum Gasteiger partial charge on any atom is 0.235 e. The molecule has 5 nitrogen and oxygen atoms in total. The molecule has 2 N–H and O–H groups in total. The van der Waals surface area contributed by atoms with Crippen LogP contribution in [0.4, 0.5) is 0 Å². The largest absolute Gasteiger partial charge is 0.492 e. The van der Waals surface area contributed by atoms with Crippen molar-refractivity contribution in [2.75, 3.05) is 13.1 Å². The van der Waals surface area contributed by atoms with Crippen molar-refractivity contribution in [1.82, 2.24) is 14.6 Å². The first-order valence-corrected chi connectivity index (χ1v) is 9.78. The quantitative estimate of drug-likeness (QED) is 0.763. The second-order valence-electron chi connectivity index (χ2n) is 6.26. The van der Waals surface area contributed by atoms with E-state index in [9.17, 15) is 5.11 Å². The monoisotopic (exact) mass is 349 g/mol. The molecule has 3 aromatic rings. The summed E-state index contributed by atoms with van der Waals surface area (Å²) in [6.45, 7) is 6.35. The lowest BCUT2D eigenvalue weighted by Gasteiger charge is -2.30. The molecule has 1 aliphatic rings. The summed E-state index contributed by atoms with van der Waals surface area (Å²) in [4.78, 5) is 9.13. The minimum atomic E-state index is 0.198. The Labute approximate surface area is 143 Å². The van der Waals surface area contributed by atoms with Gasteiger partial charge in [-0.3, -0.25) is 0 Å². The Morgan fingerprint density at radius 3 is 2.65 bits per heavy atom. The summed E-state index contributed by atoms with van der Waals surface area (Å²) in [5.74, 6) is 0.966. The molecule has 7 heteroatoms. The molecule has 1 atom stereocenters. The van der Waals surface area contributed by atoms with Crippen LogP contribution in [0, 0.1) is 13.8 Å². The number of nitrogens with zero attached hydrogens (tertiary/aromatic N) is 3. The number of piperidine rings is 1. The third-order valence-corrected chi connectivity index (χ3v) is 6.80. The van der Waals surface area contributed by atoms with E-state index in [1.54, 1.807) is 32.1 Å². The van der Waals surface area contributed by atoms with Gasteiger partial charge in [0.25, 0.3) is 0 Å². The molecule has 23 heavy (non-hydrogen) atoms. The van der Waals surface area contributed by atoms with Gasteiger partial charge < -0.3 is 10.0 Å². The Bertz CT molecular complexity index is 828. The predicted octanol–water partition coefficient (Wildman–Crippen LogP) is 2.33. The summed E-state index contributed by atoms with van der Waals surface area (Å²) in [7, 11) is 0. The molecule has 0 aliphatic carbocycles. The fraction of sp³-hybridized carbons (Fsp3) is 0.500. The smallest absolute Gasteiger partial charge is 0.235 e. The molecule has 1 saturated heterocycles. The third kappa shape index (κ3) is 2.56. The number of hydrogen-bond donors (Lipinski definition) is 2. The van der Waals surface area contributed by atoms with E-state index in [0.717, 1.165) is 22.9 Å². The molecule has 0 unspecified atom stereocenters. The van der Waals surface area contributed by atoms with Crippen LogP contribution in [-0.2, 0) is 0 Å².